The quantitative estimate of drug-likeness (QED) is 0.523. The van der Waals surface area contributed by atoms with Gasteiger partial charge in [0.1, 0.15) is 23.5 Å². The third-order valence-corrected chi connectivity index (χ3v) is 5.66. The fourth-order valence-electron chi connectivity index (χ4n) is 4.11. The number of ether oxygens (including phenoxy) is 2. The molecule has 0 radical (unpaired) electrons. The first kappa shape index (κ1) is 22.5. The lowest BCUT2D eigenvalue weighted by Crippen LogP contribution is -2.36. The molecule has 0 saturated carbocycles. The number of rotatable bonds is 4. The van der Waals surface area contributed by atoms with Crippen molar-refractivity contribution in [2.75, 3.05) is 18.4 Å². The van der Waals surface area contributed by atoms with Crippen molar-refractivity contribution in [2.45, 2.75) is 45.8 Å². The standard InChI is InChI=1S/C27H29N3O3/c1-18-21-12-8-9-13-22(21)25(24(23(18)16-28)29-19-10-6-5-7-11-19)32-20-14-15-30(17-20)26(31)33-27(2,3)4/h5-13,20,29H,14-15,17H2,1-4H3. The van der Waals surface area contributed by atoms with E-state index in [1.807, 2.05) is 82.3 Å². The van der Waals surface area contributed by atoms with Crippen molar-refractivity contribution in [1.82, 2.24) is 4.90 Å². The Hall–Kier alpha value is -3.72. The first-order valence-electron chi connectivity index (χ1n) is 11.2. The summed E-state index contributed by atoms with van der Waals surface area (Å²) < 4.78 is 12.1. The number of amides is 1. The van der Waals surface area contributed by atoms with Crippen LogP contribution in [0.5, 0.6) is 5.75 Å². The normalized spacial score (nSPS) is 15.8. The Morgan fingerprint density at radius 1 is 1.09 bits per heavy atom. The van der Waals surface area contributed by atoms with Crippen molar-refractivity contribution >= 4 is 28.2 Å². The van der Waals surface area contributed by atoms with Crippen molar-refractivity contribution in [2.24, 2.45) is 0 Å². The number of hydrogen-bond acceptors (Lipinski definition) is 5. The highest BCUT2D eigenvalue weighted by Gasteiger charge is 2.32. The zero-order valence-corrected chi connectivity index (χ0v) is 19.5. The molecule has 0 aromatic heterocycles. The second-order valence-electron chi connectivity index (χ2n) is 9.31. The Bertz CT molecular complexity index is 1210. The summed E-state index contributed by atoms with van der Waals surface area (Å²) in [6, 6.07) is 20.1. The van der Waals surface area contributed by atoms with Crippen LogP contribution in [0.1, 0.15) is 38.3 Å². The van der Waals surface area contributed by atoms with E-state index in [-0.39, 0.29) is 12.2 Å². The molecule has 6 nitrogen and oxygen atoms in total. The van der Waals surface area contributed by atoms with Crippen LogP contribution in [0, 0.1) is 18.3 Å². The van der Waals surface area contributed by atoms with Crippen molar-refractivity contribution in [3.8, 4) is 11.8 Å². The van der Waals surface area contributed by atoms with Crippen molar-refractivity contribution < 1.29 is 14.3 Å². The third kappa shape index (κ3) is 4.88. The minimum absolute atomic E-state index is 0.202. The molecule has 1 N–H and O–H groups in total. The predicted octanol–water partition coefficient (Wildman–Crippen LogP) is 6.15. The topological polar surface area (TPSA) is 74.6 Å². The van der Waals surface area contributed by atoms with Crippen molar-refractivity contribution in [1.29, 1.82) is 5.26 Å². The zero-order valence-electron chi connectivity index (χ0n) is 19.5. The number of nitrogens with one attached hydrogen (secondary N) is 1. The van der Waals surface area contributed by atoms with Gasteiger partial charge in [0.05, 0.1) is 12.1 Å². The summed E-state index contributed by atoms with van der Waals surface area (Å²) >= 11 is 0. The van der Waals surface area contributed by atoms with E-state index in [2.05, 4.69) is 11.4 Å². The van der Waals surface area contributed by atoms with E-state index < -0.39 is 5.60 Å². The first-order valence-corrected chi connectivity index (χ1v) is 11.2. The second-order valence-corrected chi connectivity index (χ2v) is 9.31. The minimum Gasteiger partial charge on any atom is -0.486 e. The maximum atomic E-state index is 12.5. The number of fused-ring (bicyclic) bond motifs is 1. The maximum Gasteiger partial charge on any atom is 0.410 e. The van der Waals surface area contributed by atoms with E-state index in [4.69, 9.17) is 9.47 Å². The van der Waals surface area contributed by atoms with Crippen LogP contribution in [0.15, 0.2) is 54.6 Å². The third-order valence-electron chi connectivity index (χ3n) is 5.66. The van der Waals surface area contributed by atoms with Crippen LogP contribution in [0.25, 0.3) is 10.8 Å². The fraction of sp³-hybridized carbons (Fsp3) is 0.333. The highest BCUT2D eigenvalue weighted by molar-refractivity contribution is 5.99. The van der Waals surface area contributed by atoms with Crippen LogP contribution in [-0.4, -0.2) is 35.8 Å². The number of nitrogens with zero attached hydrogens (tertiary/aromatic N) is 2. The Morgan fingerprint density at radius 2 is 1.76 bits per heavy atom. The maximum absolute atomic E-state index is 12.5. The second kappa shape index (κ2) is 9.03. The molecule has 1 aliphatic rings. The van der Waals surface area contributed by atoms with Gasteiger partial charge in [0.15, 0.2) is 5.75 Å². The molecule has 6 heteroatoms. The molecule has 170 valence electrons. The van der Waals surface area contributed by atoms with Crippen LogP contribution in [0.4, 0.5) is 16.2 Å². The summed E-state index contributed by atoms with van der Waals surface area (Å²) in [5.74, 6) is 0.632. The van der Waals surface area contributed by atoms with Gasteiger partial charge < -0.3 is 19.7 Å². The van der Waals surface area contributed by atoms with E-state index in [0.717, 1.165) is 22.0 Å². The number of nitriles is 1. The molecule has 1 heterocycles. The molecule has 1 atom stereocenters. The summed E-state index contributed by atoms with van der Waals surface area (Å²) in [5, 5.41) is 15.4. The fourth-order valence-corrected chi connectivity index (χ4v) is 4.11. The molecule has 0 bridgehead atoms. The van der Waals surface area contributed by atoms with E-state index in [1.165, 1.54) is 0 Å². The van der Waals surface area contributed by atoms with E-state index in [0.29, 0.717) is 36.5 Å². The highest BCUT2D eigenvalue weighted by atomic mass is 16.6. The lowest BCUT2D eigenvalue weighted by molar-refractivity contribution is 0.0276. The number of aryl methyl sites for hydroxylation is 1. The lowest BCUT2D eigenvalue weighted by Gasteiger charge is -2.25. The molecule has 1 aliphatic heterocycles. The molecule has 33 heavy (non-hydrogen) atoms. The van der Waals surface area contributed by atoms with Gasteiger partial charge in [0.2, 0.25) is 0 Å². The van der Waals surface area contributed by atoms with Gasteiger partial charge in [-0.05, 0) is 50.8 Å². The van der Waals surface area contributed by atoms with Crippen LogP contribution >= 0.6 is 0 Å². The average Bonchev–Trinajstić information content (AvgIpc) is 3.25. The molecular formula is C27H29N3O3. The zero-order chi connectivity index (χ0) is 23.6. The Labute approximate surface area is 194 Å². The van der Waals surface area contributed by atoms with Gasteiger partial charge in [-0.2, -0.15) is 5.26 Å². The van der Waals surface area contributed by atoms with Crippen LogP contribution in [0.3, 0.4) is 0 Å². The van der Waals surface area contributed by atoms with Gasteiger partial charge in [-0.1, -0.05) is 42.5 Å². The molecular weight excluding hydrogens is 414 g/mol. The van der Waals surface area contributed by atoms with Gasteiger partial charge in [-0.15, -0.1) is 0 Å². The van der Waals surface area contributed by atoms with Crippen LogP contribution < -0.4 is 10.1 Å². The summed E-state index contributed by atoms with van der Waals surface area (Å²) in [6.07, 6.45) is 0.155. The minimum atomic E-state index is -0.544. The van der Waals surface area contributed by atoms with E-state index in [1.54, 1.807) is 4.90 Å². The smallest absolute Gasteiger partial charge is 0.410 e. The van der Waals surface area contributed by atoms with Gasteiger partial charge in [0.25, 0.3) is 0 Å². The van der Waals surface area contributed by atoms with E-state index >= 15 is 0 Å². The summed E-state index contributed by atoms with van der Waals surface area (Å²) in [5.41, 5.74) is 2.43. The molecule has 0 aliphatic carbocycles. The van der Waals surface area contributed by atoms with Gasteiger partial charge in [-0.3, -0.25) is 0 Å². The highest BCUT2D eigenvalue weighted by Crippen LogP contribution is 2.42. The van der Waals surface area contributed by atoms with Gasteiger partial charge in [0, 0.05) is 24.0 Å². The van der Waals surface area contributed by atoms with Gasteiger partial charge in [-0.25, -0.2) is 4.79 Å². The number of likely N-dealkylation sites (tertiary alicyclic amines) is 1. The summed E-state index contributed by atoms with van der Waals surface area (Å²) in [4.78, 5) is 14.2. The van der Waals surface area contributed by atoms with Crippen LogP contribution in [0.2, 0.25) is 0 Å². The van der Waals surface area contributed by atoms with E-state index in [9.17, 15) is 10.1 Å². The number of benzene rings is 3. The molecule has 1 unspecified atom stereocenters. The largest absolute Gasteiger partial charge is 0.486 e. The number of anilines is 2. The predicted molar refractivity (Wildman–Crippen MR) is 130 cm³/mol. The molecule has 3 aromatic carbocycles. The molecule has 1 amide bonds. The van der Waals surface area contributed by atoms with Crippen LogP contribution in [-0.2, 0) is 4.74 Å². The van der Waals surface area contributed by atoms with Crippen molar-refractivity contribution in [3.63, 3.8) is 0 Å². The molecule has 1 saturated heterocycles. The van der Waals surface area contributed by atoms with Crippen molar-refractivity contribution in [3.05, 3.63) is 65.7 Å². The SMILES string of the molecule is Cc1c(C#N)c(Nc2ccccc2)c(OC2CCN(C(=O)OC(C)(C)C)C2)c2ccccc12. The Balaban J connectivity index is 1.71. The Kier molecular flexibility index (Phi) is 6.15. The first-order chi connectivity index (χ1) is 15.8. The number of para-hydroxylation sites is 1. The number of carbonyl (C=O) groups excluding carboxylic acids is 1. The monoisotopic (exact) mass is 443 g/mol. The average molecular weight is 444 g/mol. The molecule has 4 rings (SSSR count). The molecule has 3 aromatic rings. The summed E-state index contributed by atoms with van der Waals surface area (Å²) in [6.45, 7) is 8.54. The molecule has 0 spiro atoms. The van der Waals surface area contributed by atoms with Gasteiger partial charge >= 0.3 is 6.09 Å². The Morgan fingerprint density at radius 3 is 2.42 bits per heavy atom. The summed E-state index contributed by atoms with van der Waals surface area (Å²) in [7, 11) is 0. The molecule has 1 fully saturated rings. The number of carbonyl (C=O) groups is 1. The number of hydrogen-bond donors (Lipinski definition) is 1. The lowest BCUT2D eigenvalue weighted by atomic mass is 9.97.